The largest absolute Gasteiger partial charge is 0.397 e. The number of hydrogen-bond donors (Lipinski definition) is 3. The zero-order valence-corrected chi connectivity index (χ0v) is 9.01. The molecule has 5 N–H and O–H groups in total. The van der Waals surface area contributed by atoms with Crippen molar-refractivity contribution in [1.29, 1.82) is 0 Å². The number of benzene rings is 2. The first kappa shape index (κ1) is 9.65. The van der Waals surface area contributed by atoms with Crippen LogP contribution in [0.4, 0.5) is 11.4 Å². The van der Waals surface area contributed by atoms with Crippen LogP contribution in [0.2, 0.25) is 0 Å². The first-order chi connectivity index (χ1) is 8.27. The van der Waals surface area contributed by atoms with Crippen molar-refractivity contribution in [2.24, 2.45) is 0 Å². The lowest BCUT2D eigenvalue weighted by Gasteiger charge is -2.10. The normalized spacial score (nSPS) is 10.8. The summed E-state index contributed by atoms with van der Waals surface area (Å²) < 4.78 is 0. The van der Waals surface area contributed by atoms with Crippen molar-refractivity contribution in [3.8, 4) is 11.3 Å². The Kier molecular flexibility index (Phi) is 1.98. The van der Waals surface area contributed by atoms with E-state index in [-0.39, 0.29) is 0 Å². The van der Waals surface area contributed by atoms with Gasteiger partial charge in [0.1, 0.15) is 5.69 Å². The second-order valence-corrected chi connectivity index (χ2v) is 3.83. The number of nitrogens with two attached hydrogens (primary N) is 2. The van der Waals surface area contributed by atoms with Gasteiger partial charge in [-0.25, -0.2) is 0 Å². The molecule has 0 aliphatic rings. The third kappa shape index (κ3) is 1.40. The molecule has 5 heteroatoms. The first-order valence-electron chi connectivity index (χ1n) is 5.20. The predicted octanol–water partition coefficient (Wildman–Crippen LogP) is 1.79. The van der Waals surface area contributed by atoms with Crippen LogP contribution < -0.4 is 11.5 Å². The minimum atomic E-state index is 0.539. The topological polar surface area (TPSA) is 93.6 Å². The Morgan fingerprint density at radius 2 is 1.94 bits per heavy atom. The van der Waals surface area contributed by atoms with Crippen LogP contribution in [0.15, 0.2) is 36.5 Å². The number of aromatic amines is 1. The van der Waals surface area contributed by atoms with Crippen LogP contribution in [0.25, 0.3) is 22.0 Å². The van der Waals surface area contributed by atoms with Crippen molar-refractivity contribution >= 4 is 22.1 Å². The summed E-state index contributed by atoms with van der Waals surface area (Å²) in [5.74, 6) is 0. The fourth-order valence-electron chi connectivity index (χ4n) is 1.98. The molecule has 0 fully saturated rings. The van der Waals surface area contributed by atoms with E-state index in [1.165, 1.54) is 0 Å². The highest BCUT2D eigenvalue weighted by atomic mass is 15.3. The van der Waals surface area contributed by atoms with E-state index >= 15 is 0 Å². The van der Waals surface area contributed by atoms with Crippen molar-refractivity contribution in [1.82, 2.24) is 15.4 Å². The van der Waals surface area contributed by atoms with E-state index in [1.54, 1.807) is 6.20 Å². The van der Waals surface area contributed by atoms with Gasteiger partial charge in [-0.3, -0.25) is 0 Å². The highest BCUT2D eigenvalue weighted by Crippen LogP contribution is 2.36. The average Bonchev–Trinajstić information content (AvgIpc) is 2.84. The molecule has 0 radical (unpaired) electrons. The Labute approximate surface area is 97.4 Å². The second kappa shape index (κ2) is 3.48. The molecule has 0 aliphatic heterocycles. The van der Waals surface area contributed by atoms with E-state index in [1.807, 2.05) is 30.3 Å². The number of anilines is 2. The summed E-state index contributed by atoms with van der Waals surface area (Å²) in [7, 11) is 0. The lowest BCUT2D eigenvalue weighted by atomic mass is 9.99. The van der Waals surface area contributed by atoms with Gasteiger partial charge in [-0.2, -0.15) is 15.4 Å². The summed E-state index contributed by atoms with van der Waals surface area (Å²) in [6, 6.07) is 9.78. The molecule has 0 saturated carbocycles. The molecule has 5 nitrogen and oxygen atoms in total. The number of aromatic nitrogens is 3. The Balaban J connectivity index is 2.46. The molecular formula is C12H11N5. The molecule has 2 aromatic carbocycles. The van der Waals surface area contributed by atoms with Gasteiger partial charge in [0, 0.05) is 5.56 Å². The van der Waals surface area contributed by atoms with E-state index in [9.17, 15) is 0 Å². The van der Waals surface area contributed by atoms with Gasteiger partial charge < -0.3 is 11.5 Å². The van der Waals surface area contributed by atoms with Crippen molar-refractivity contribution in [2.75, 3.05) is 11.5 Å². The zero-order valence-electron chi connectivity index (χ0n) is 9.01. The monoisotopic (exact) mass is 225 g/mol. The number of rotatable bonds is 1. The number of nitrogens with zero attached hydrogens (tertiary/aromatic N) is 2. The number of fused-ring (bicyclic) bond motifs is 1. The number of nitrogens with one attached hydrogen (secondary N) is 1. The third-order valence-corrected chi connectivity index (χ3v) is 2.79. The lowest BCUT2D eigenvalue weighted by Crippen LogP contribution is -1.98. The van der Waals surface area contributed by atoms with Crippen LogP contribution in [0, 0.1) is 0 Å². The van der Waals surface area contributed by atoms with Crippen LogP contribution in [0.1, 0.15) is 0 Å². The van der Waals surface area contributed by atoms with Gasteiger partial charge in [0.15, 0.2) is 0 Å². The van der Waals surface area contributed by atoms with Crippen molar-refractivity contribution in [3.05, 3.63) is 36.5 Å². The van der Waals surface area contributed by atoms with E-state index in [0.29, 0.717) is 17.1 Å². The van der Waals surface area contributed by atoms with E-state index in [0.717, 1.165) is 16.3 Å². The molecule has 17 heavy (non-hydrogen) atoms. The molecule has 1 heterocycles. The van der Waals surface area contributed by atoms with Crippen LogP contribution in [-0.4, -0.2) is 15.4 Å². The van der Waals surface area contributed by atoms with Crippen LogP contribution >= 0.6 is 0 Å². The van der Waals surface area contributed by atoms with Gasteiger partial charge in [0.2, 0.25) is 0 Å². The van der Waals surface area contributed by atoms with Gasteiger partial charge in [-0.1, -0.05) is 24.3 Å². The summed E-state index contributed by atoms with van der Waals surface area (Å²) in [6.07, 6.45) is 1.64. The highest BCUT2D eigenvalue weighted by molar-refractivity contribution is 6.05. The van der Waals surface area contributed by atoms with E-state index in [4.69, 9.17) is 11.5 Å². The molecule has 0 unspecified atom stereocenters. The number of H-pyrrole nitrogens is 1. The Hall–Kier alpha value is -2.56. The van der Waals surface area contributed by atoms with E-state index < -0.39 is 0 Å². The maximum atomic E-state index is 6.03. The Bertz CT molecular complexity index is 673. The maximum Gasteiger partial charge on any atom is 0.115 e. The molecule has 0 aliphatic carbocycles. The fraction of sp³-hybridized carbons (Fsp3) is 0. The average molecular weight is 225 g/mol. The highest BCUT2D eigenvalue weighted by Gasteiger charge is 2.12. The summed E-state index contributed by atoms with van der Waals surface area (Å²) in [6.45, 7) is 0. The number of nitrogen functional groups attached to an aromatic ring is 2. The quantitative estimate of drug-likeness (QED) is 0.550. The minimum absolute atomic E-state index is 0.539. The molecule has 3 aromatic rings. The predicted molar refractivity (Wildman–Crippen MR) is 68.1 cm³/mol. The SMILES string of the molecule is Nc1cc2ccccc2c(-c2cn[nH]n2)c1N. The minimum Gasteiger partial charge on any atom is -0.397 e. The smallest absolute Gasteiger partial charge is 0.115 e. The van der Waals surface area contributed by atoms with E-state index in [2.05, 4.69) is 15.4 Å². The third-order valence-electron chi connectivity index (χ3n) is 2.79. The van der Waals surface area contributed by atoms with Crippen LogP contribution in [0.5, 0.6) is 0 Å². The molecule has 0 saturated heterocycles. The Morgan fingerprint density at radius 3 is 2.71 bits per heavy atom. The molecule has 0 atom stereocenters. The summed E-state index contributed by atoms with van der Waals surface area (Å²) in [5, 5.41) is 12.5. The summed E-state index contributed by atoms with van der Waals surface area (Å²) >= 11 is 0. The van der Waals surface area contributed by atoms with Gasteiger partial charge in [0.05, 0.1) is 17.6 Å². The van der Waals surface area contributed by atoms with Crippen molar-refractivity contribution in [3.63, 3.8) is 0 Å². The molecule has 84 valence electrons. The number of hydrogen-bond acceptors (Lipinski definition) is 4. The Morgan fingerprint density at radius 1 is 1.12 bits per heavy atom. The molecule has 0 bridgehead atoms. The van der Waals surface area contributed by atoms with Gasteiger partial charge in [-0.15, -0.1) is 0 Å². The summed E-state index contributed by atoms with van der Waals surface area (Å²) in [5.41, 5.74) is 14.6. The molecular weight excluding hydrogens is 214 g/mol. The lowest BCUT2D eigenvalue weighted by molar-refractivity contribution is 0.942. The van der Waals surface area contributed by atoms with Crippen LogP contribution in [0.3, 0.4) is 0 Å². The van der Waals surface area contributed by atoms with Crippen molar-refractivity contribution in [2.45, 2.75) is 0 Å². The zero-order chi connectivity index (χ0) is 11.8. The van der Waals surface area contributed by atoms with Gasteiger partial charge in [-0.05, 0) is 16.8 Å². The maximum absolute atomic E-state index is 6.03. The molecule has 1 aromatic heterocycles. The molecule has 3 rings (SSSR count). The van der Waals surface area contributed by atoms with Crippen molar-refractivity contribution < 1.29 is 0 Å². The summed E-state index contributed by atoms with van der Waals surface area (Å²) in [4.78, 5) is 0. The van der Waals surface area contributed by atoms with Crippen LogP contribution in [-0.2, 0) is 0 Å². The standard InChI is InChI=1S/C12H11N5/c13-9-5-7-3-1-2-4-8(7)11(12(9)14)10-6-15-17-16-10/h1-6H,13-14H2,(H,15,16,17). The van der Waals surface area contributed by atoms with Gasteiger partial charge >= 0.3 is 0 Å². The first-order valence-corrected chi connectivity index (χ1v) is 5.20. The second-order valence-electron chi connectivity index (χ2n) is 3.83. The molecule has 0 amide bonds. The molecule has 0 spiro atoms. The fourth-order valence-corrected chi connectivity index (χ4v) is 1.98. The van der Waals surface area contributed by atoms with Gasteiger partial charge in [0.25, 0.3) is 0 Å².